The van der Waals surface area contributed by atoms with E-state index in [0.717, 1.165) is 18.9 Å². The second-order valence-electron chi connectivity index (χ2n) is 4.15. The molecule has 0 aromatic carbocycles. The molecule has 88 valence electrons. The predicted molar refractivity (Wildman–Crippen MR) is 64.6 cm³/mol. The van der Waals surface area contributed by atoms with Crippen LogP contribution in [0.25, 0.3) is 0 Å². The van der Waals surface area contributed by atoms with E-state index in [1.54, 1.807) is 6.20 Å². The van der Waals surface area contributed by atoms with Crippen LogP contribution in [0.15, 0.2) is 24.4 Å². The van der Waals surface area contributed by atoms with Crippen molar-refractivity contribution in [3.05, 3.63) is 24.4 Å². The number of rotatable bonds is 5. The molecule has 0 amide bonds. The summed E-state index contributed by atoms with van der Waals surface area (Å²) in [7, 11) is 0. The molecule has 2 rings (SSSR count). The summed E-state index contributed by atoms with van der Waals surface area (Å²) in [5.41, 5.74) is 0. The van der Waals surface area contributed by atoms with Gasteiger partial charge in [0, 0.05) is 25.3 Å². The lowest BCUT2D eigenvalue weighted by molar-refractivity contribution is 0.300. The number of nitrogens with zero attached hydrogens (tertiary/aromatic N) is 2. The molecule has 1 aliphatic heterocycles. The topological polar surface area (TPSA) is 48.4 Å². The molecule has 2 heterocycles. The van der Waals surface area contributed by atoms with Crippen LogP contribution < -0.4 is 10.2 Å². The molecule has 0 aliphatic carbocycles. The van der Waals surface area contributed by atoms with E-state index >= 15 is 0 Å². The maximum atomic E-state index is 9.08. The van der Waals surface area contributed by atoms with Gasteiger partial charge in [-0.1, -0.05) is 6.07 Å². The minimum atomic E-state index is 0.170. The summed E-state index contributed by atoms with van der Waals surface area (Å²) in [4.78, 5) is 6.47. The van der Waals surface area contributed by atoms with E-state index in [2.05, 4.69) is 15.2 Å². The van der Waals surface area contributed by atoms with Gasteiger partial charge in [-0.15, -0.1) is 0 Å². The molecule has 16 heavy (non-hydrogen) atoms. The van der Waals surface area contributed by atoms with Crippen LogP contribution in [0.4, 0.5) is 5.82 Å². The van der Waals surface area contributed by atoms with Crippen molar-refractivity contribution in [2.75, 3.05) is 31.1 Å². The van der Waals surface area contributed by atoms with Crippen molar-refractivity contribution in [1.82, 2.24) is 10.3 Å². The van der Waals surface area contributed by atoms with Crippen LogP contribution in [-0.2, 0) is 0 Å². The SMILES string of the molecule is OCCN(CC1CCCN1)c1ccccn1. The van der Waals surface area contributed by atoms with Gasteiger partial charge in [0.15, 0.2) is 0 Å². The zero-order chi connectivity index (χ0) is 11.2. The molecule has 1 atom stereocenters. The fourth-order valence-corrected chi connectivity index (χ4v) is 2.14. The lowest BCUT2D eigenvalue weighted by Gasteiger charge is -2.26. The molecule has 1 fully saturated rings. The first-order valence-electron chi connectivity index (χ1n) is 5.90. The highest BCUT2D eigenvalue weighted by Gasteiger charge is 2.18. The molecule has 4 heteroatoms. The summed E-state index contributed by atoms with van der Waals surface area (Å²) in [6.07, 6.45) is 4.26. The Bertz CT molecular complexity index is 298. The summed E-state index contributed by atoms with van der Waals surface area (Å²) >= 11 is 0. The summed E-state index contributed by atoms with van der Waals surface area (Å²) in [5, 5.41) is 12.5. The van der Waals surface area contributed by atoms with Crippen LogP contribution >= 0.6 is 0 Å². The van der Waals surface area contributed by atoms with Gasteiger partial charge in [-0.3, -0.25) is 0 Å². The molecular weight excluding hydrogens is 202 g/mol. The molecule has 0 bridgehead atoms. The quantitative estimate of drug-likeness (QED) is 0.766. The highest BCUT2D eigenvalue weighted by molar-refractivity contribution is 5.37. The molecule has 1 aromatic rings. The lowest BCUT2D eigenvalue weighted by atomic mass is 10.2. The van der Waals surface area contributed by atoms with E-state index in [9.17, 15) is 0 Å². The minimum absolute atomic E-state index is 0.170. The monoisotopic (exact) mass is 221 g/mol. The van der Waals surface area contributed by atoms with Gasteiger partial charge in [0.25, 0.3) is 0 Å². The summed E-state index contributed by atoms with van der Waals surface area (Å²) < 4.78 is 0. The largest absolute Gasteiger partial charge is 0.395 e. The van der Waals surface area contributed by atoms with E-state index in [-0.39, 0.29) is 6.61 Å². The number of nitrogens with one attached hydrogen (secondary N) is 1. The first kappa shape index (κ1) is 11.4. The van der Waals surface area contributed by atoms with Gasteiger partial charge in [0.1, 0.15) is 5.82 Å². The van der Waals surface area contributed by atoms with Gasteiger partial charge in [-0.25, -0.2) is 4.98 Å². The highest BCUT2D eigenvalue weighted by Crippen LogP contribution is 2.13. The highest BCUT2D eigenvalue weighted by atomic mass is 16.3. The average Bonchev–Trinajstić information content (AvgIpc) is 2.83. The maximum Gasteiger partial charge on any atom is 0.128 e. The van der Waals surface area contributed by atoms with E-state index in [0.29, 0.717) is 12.6 Å². The van der Waals surface area contributed by atoms with Crippen LogP contribution in [-0.4, -0.2) is 42.4 Å². The van der Waals surface area contributed by atoms with Crippen LogP contribution in [0.2, 0.25) is 0 Å². The van der Waals surface area contributed by atoms with Crippen molar-refractivity contribution in [3.63, 3.8) is 0 Å². The zero-order valence-corrected chi connectivity index (χ0v) is 9.47. The van der Waals surface area contributed by atoms with E-state index < -0.39 is 0 Å². The van der Waals surface area contributed by atoms with Crippen molar-refractivity contribution >= 4 is 5.82 Å². The van der Waals surface area contributed by atoms with Crippen LogP contribution in [0.1, 0.15) is 12.8 Å². The first-order valence-corrected chi connectivity index (χ1v) is 5.90. The number of pyridine rings is 1. The van der Waals surface area contributed by atoms with Crippen molar-refractivity contribution in [2.45, 2.75) is 18.9 Å². The van der Waals surface area contributed by atoms with Gasteiger partial charge in [-0.2, -0.15) is 0 Å². The van der Waals surface area contributed by atoms with Crippen molar-refractivity contribution < 1.29 is 5.11 Å². The summed E-state index contributed by atoms with van der Waals surface area (Å²) in [6, 6.07) is 6.42. The van der Waals surface area contributed by atoms with Gasteiger partial charge in [0.2, 0.25) is 0 Å². The number of anilines is 1. The van der Waals surface area contributed by atoms with Crippen LogP contribution in [0.5, 0.6) is 0 Å². The molecule has 1 aliphatic rings. The molecule has 0 radical (unpaired) electrons. The Balaban J connectivity index is 1.99. The number of aliphatic hydroxyl groups is 1. The molecule has 0 saturated carbocycles. The Morgan fingerprint density at radius 1 is 1.50 bits per heavy atom. The van der Waals surface area contributed by atoms with Crippen molar-refractivity contribution in [2.24, 2.45) is 0 Å². The third-order valence-corrected chi connectivity index (χ3v) is 2.95. The third kappa shape index (κ3) is 2.93. The number of aliphatic hydroxyl groups excluding tert-OH is 1. The van der Waals surface area contributed by atoms with Crippen LogP contribution in [0, 0.1) is 0 Å². The number of hydrogen-bond donors (Lipinski definition) is 2. The van der Waals surface area contributed by atoms with E-state index in [4.69, 9.17) is 5.11 Å². The van der Waals surface area contributed by atoms with Gasteiger partial charge < -0.3 is 15.3 Å². The predicted octanol–water partition coefficient (Wildman–Crippen LogP) is 0.632. The Hall–Kier alpha value is -1.13. The molecule has 2 N–H and O–H groups in total. The van der Waals surface area contributed by atoms with E-state index in [1.165, 1.54) is 12.8 Å². The van der Waals surface area contributed by atoms with Crippen molar-refractivity contribution in [3.8, 4) is 0 Å². The average molecular weight is 221 g/mol. The van der Waals surface area contributed by atoms with Crippen LogP contribution in [0.3, 0.4) is 0 Å². The molecule has 0 spiro atoms. The second-order valence-corrected chi connectivity index (χ2v) is 4.15. The Morgan fingerprint density at radius 2 is 2.44 bits per heavy atom. The Morgan fingerprint density at radius 3 is 3.06 bits per heavy atom. The Kier molecular flexibility index (Phi) is 4.13. The Labute approximate surface area is 96.3 Å². The second kappa shape index (κ2) is 5.82. The standard InChI is InChI=1S/C12H19N3O/c16-9-8-15(10-11-4-3-7-13-11)12-5-1-2-6-14-12/h1-2,5-6,11,13,16H,3-4,7-10H2. The smallest absolute Gasteiger partial charge is 0.128 e. The summed E-state index contributed by atoms with van der Waals surface area (Å²) in [6.45, 7) is 2.86. The minimum Gasteiger partial charge on any atom is -0.395 e. The third-order valence-electron chi connectivity index (χ3n) is 2.95. The fraction of sp³-hybridized carbons (Fsp3) is 0.583. The molecule has 1 saturated heterocycles. The molecule has 1 unspecified atom stereocenters. The normalized spacial score (nSPS) is 19.9. The lowest BCUT2D eigenvalue weighted by Crippen LogP contribution is -2.39. The van der Waals surface area contributed by atoms with Gasteiger partial charge >= 0.3 is 0 Å². The maximum absolute atomic E-state index is 9.08. The number of hydrogen-bond acceptors (Lipinski definition) is 4. The first-order chi connectivity index (χ1) is 7.90. The zero-order valence-electron chi connectivity index (χ0n) is 9.47. The fourth-order valence-electron chi connectivity index (χ4n) is 2.14. The molecule has 4 nitrogen and oxygen atoms in total. The van der Waals surface area contributed by atoms with E-state index in [1.807, 2.05) is 18.2 Å². The number of aromatic nitrogens is 1. The van der Waals surface area contributed by atoms with Crippen molar-refractivity contribution in [1.29, 1.82) is 0 Å². The molecule has 1 aromatic heterocycles. The summed E-state index contributed by atoms with van der Waals surface area (Å²) in [5.74, 6) is 0.949. The van der Waals surface area contributed by atoms with Gasteiger partial charge in [0.05, 0.1) is 6.61 Å². The van der Waals surface area contributed by atoms with Gasteiger partial charge in [-0.05, 0) is 31.5 Å². The molecular formula is C12H19N3O.